The number of halogens is 2. The minimum absolute atomic E-state index is 0.119. The van der Waals surface area contributed by atoms with Crippen molar-refractivity contribution in [3.8, 4) is 0 Å². The van der Waals surface area contributed by atoms with E-state index in [-0.39, 0.29) is 17.4 Å². The molecule has 0 spiro atoms. The van der Waals surface area contributed by atoms with E-state index in [2.05, 4.69) is 0 Å². The maximum atomic E-state index is 13.8. The minimum atomic E-state index is -1.06. The summed E-state index contributed by atoms with van der Waals surface area (Å²) in [6, 6.07) is 2.50. The highest BCUT2D eigenvalue weighted by molar-refractivity contribution is 5.65. The molecule has 1 aromatic rings. The first-order valence-corrected chi connectivity index (χ1v) is 5.86. The van der Waals surface area contributed by atoms with E-state index in [0.29, 0.717) is 19.5 Å². The number of nitrogen functional groups attached to an aromatic ring is 1. The van der Waals surface area contributed by atoms with Crippen LogP contribution in [0.25, 0.3) is 0 Å². The summed E-state index contributed by atoms with van der Waals surface area (Å²) in [6.45, 7) is 0.811. The Labute approximate surface area is 109 Å². The van der Waals surface area contributed by atoms with Gasteiger partial charge in [0.25, 0.3) is 0 Å². The van der Waals surface area contributed by atoms with Gasteiger partial charge in [0.15, 0.2) is 11.6 Å². The van der Waals surface area contributed by atoms with Crippen LogP contribution < -0.4 is 10.6 Å². The summed E-state index contributed by atoms with van der Waals surface area (Å²) < 4.78 is 27.2. The number of amides is 1. The largest absolute Gasteiger partial charge is 0.465 e. The monoisotopic (exact) mass is 271 g/mol. The van der Waals surface area contributed by atoms with Crippen molar-refractivity contribution in [1.29, 1.82) is 0 Å². The molecule has 1 atom stereocenters. The summed E-state index contributed by atoms with van der Waals surface area (Å²) in [5, 5.41) is 8.89. The highest BCUT2D eigenvalue weighted by Crippen LogP contribution is 2.29. The number of nitrogens with zero attached hydrogens (tertiary/aromatic N) is 2. The molecule has 1 fully saturated rings. The summed E-state index contributed by atoms with van der Waals surface area (Å²) in [5.74, 6) is -2.05. The summed E-state index contributed by atoms with van der Waals surface area (Å²) in [6.07, 6.45) is -0.454. The topological polar surface area (TPSA) is 69.8 Å². The van der Waals surface area contributed by atoms with Gasteiger partial charge in [0.2, 0.25) is 0 Å². The lowest BCUT2D eigenvalue weighted by atomic mass is 10.2. The average molecular weight is 271 g/mol. The van der Waals surface area contributed by atoms with E-state index in [1.165, 1.54) is 24.1 Å². The van der Waals surface area contributed by atoms with Crippen LogP contribution in [0.1, 0.15) is 6.42 Å². The van der Waals surface area contributed by atoms with Crippen LogP contribution in [0.15, 0.2) is 12.1 Å². The average Bonchev–Trinajstić information content (AvgIpc) is 2.84. The predicted octanol–water partition coefficient (Wildman–Crippen LogP) is 1.74. The molecule has 104 valence electrons. The Hall–Kier alpha value is -2.05. The zero-order valence-corrected chi connectivity index (χ0v) is 10.4. The quantitative estimate of drug-likeness (QED) is 0.804. The fourth-order valence-electron chi connectivity index (χ4n) is 2.23. The molecular weight excluding hydrogens is 256 g/mol. The van der Waals surface area contributed by atoms with Crippen LogP contribution in [0.5, 0.6) is 0 Å². The van der Waals surface area contributed by atoms with Crippen molar-refractivity contribution in [2.45, 2.75) is 12.5 Å². The van der Waals surface area contributed by atoms with Crippen molar-refractivity contribution >= 4 is 17.5 Å². The van der Waals surface area contributed by atoms with Crippen LogP contribution in [0, 0.1) is 11.6 Å². The number of likely N-dealkylation sites (N-methyl/N-ethyl adjacent to an activating group) is 1. The third-order valence-corrected chi connectivity index (χ3v) is 3.45. The van der Waals surface area contributed by atoms with Gasteiger partial charge in [-0.2, -0.15) is 0 Å². The molecular formula is C12H15F2N3O2. The maximum Gasteiger partial charge on any atom is 0.407 e. The molecule has 0 radical (unpaired) electrons. The molecule has 1 aromatic carbocycles. The Kier molecular flexibility index (Phi) is 3.46. The van der Waals surface area contributed by atoms with E-state index in [1.807, 2.05) is 0 Å². The van der Waals surface area contributed by atoms with Gasteiger partial charge in [-0.3, -0.25) is 0 Å². The number of carboxylic acid groups (broad SMARTS) is 1. The molecule has 1 aliphatic heterocycles. The molecule has 3 N–H and O–H groups in total. The number of hydrogen-bond donors (Lipinski definition) is 2. The number of nitrogens with two attached hydrogens (primary N) is 1. The van der Waals surface area contributed by atoms with Crippen molar-refractivity contribution in [2.75, 3.05) is 30.8 Å². The number of rotatable bonds is 2. The molecule has 5 nitrogen and oxygen atoms in total. The van der Waals surface area contributed by atoms with E-state index in [9.17, 15) is 13.6 Å². The van der Waals surface area contributed by atoms with Gasteiger partial charge in [0.1, 0.15) is 0 Å². The van der Waals surface area contributed by atoms with Gasteiger partial charge in [-0.1, -0.05) is 0 Å². The lowest BCUT2D eigenvalue weighted by Crippen LogP contribution is -2.38. The van der Waals surface area contributed by atoms with E-state index in [4.69, 9.17) is 10.8 Å². The maximum absolute atomic E-state index is 13.8. The lowest BCUT2D eigenvalue weighted by Gasteiger charge is -2.23. The van der Waals surface area contributed by atoms with Gasteiger partial charge in [0.05, 0.1) is 17.4 Å². The van der Waals surface area contributed by atoms with Gasteiger partial charge in [-0.15, -0.1) is 0 Å². The zero-order valence-electron chi connectivity index (χ0n) is 10.4. The standard InChI is InChI=1S/C12H15F2N3O2/c1-16(12(18)19)7-4-5-17(6-7)9-3-2-8(15)10(13)11(9)14/h2-3,7H,4-6,15H2,1H3,(H,18,19). The molecule has 0 bridgehead atoms. The van der Waals surface area contributed by atoms with Crippen LogP contribution in [0.2, 0.25) is 0 Å². The highest BCUT2D eigenvalue weighted by atomic mass is 19.2. The highest BCUT2D eigenvalue weighted by Gasteiger charge is 2.30. The fraction of sp³-hybridized carbons (Fsp3) is 0.417. The van der Waals surface area contributed by atoms with Gasteiger partial charge >= 0.3 is 6.09 Å². The second kappa shape index (κ2) is 4.91. The van der Waals surface area contributed by atoms with E-state index in [1.54, 1.807) is 4.90 Å². The summed E-state index contributed by atoms with van der Waals surface area (Å²) in [4.78, 5) is 13.7. The first-order valence-electron chi connectivity index (χ1n) is 5.86. The summed E-state index contributed by atoms with van der Waals surface area (Å²) in [7, 11) is 1.47. The van der Waals surface area contributed by atoms with Crippen LogP contribution in [-0.4, -0.2) is 42.3 Å². The van der Waals surface area contributed by atoms with Gasteiger partial charge in [-0.25, -0.2) is 13.6 Å². The Morgan fingerprint density at radius 1 is 1.47 bits per heavy atom. The smallest absolute Gasteiger partial charge is 0.407 e. The van der Waals surface area contributed by atoms with Crippen molar-refractivity contribution in [3.63, 3.8) is 0 Å². The molecule has 1 aliphatic rings. The number of hydrogen-bond acceptors (Lipinski definition) is 3. The molecule has 0 aromatic heterocycles. The van der Waals surface area contributed by atoms with Gasteiger partial charge in [-0.05, 0) is 18.6 Å². The molecule has 19 heavy (non-hydrogen) atoms. The van der Waals surface area contributed by atoms with E-state index in [0.717, 1.165) is 0 Å². The van der Waals surface area contributed by atoms with Gasteiger partial charge in [0, 0.05) is 20.1 Å². The van der Waals surface area contributed by atoms with Crippen LogP contribution in [0.4, 0.5) is 25.0 Å². The molecule has 1 amide bonds. The Morgan fingerprint density at radius 2 is 2.16 bits per heavy atom. The number of benzene rings is 1. The zero-order chi connectivity index (χ0) is 14.2. The summed E-state index contributed by atoms with van der Waals surface area (Å²) in [5.41, 5.74) is 5.17. The van der Waals surface area contributed by atoms with E-state index < -0.39 is 17.7 Å². The molecule has 0 saturated carbocycles. The Balaban J connectivity index is 2.18. The van der Waals surface area contributed by atoms with Crippen LogP contribution in [-0.2, 0) is 0 Å². The van der Waals surface area contributed by atoms with E-state index >= 15 is 0 Å². The first kappa shape index (κ1) is 13.4. The minimum Gasteiger partial charge on any atom is -0.465 e. The Morgan fingerprint density at radius 3 is 2.79 bits per heavy atom. The lowest BCUT2D eigenvalue weighted by molar-refractivity contribution is 0.142. The van der Waals surface area contributed by atoms with Crippen LogP contribution in [0.3, 0.4) is 0 Å². The Bertz CT molecular complexity index is 510. The second-order valence-electron chi connectivity index (χ2n) is 4.58. The third kappa shape index (κ3) is 2.40. The molecule has 1 saturated heterocycles. The second-order valence-corrected chi connectivity index (χ2v) is 4.58. The van der Waals surface area contributed by atoms with Crippen LogP contribution >= 0.6 is 0 Å². The number of carbonyl (C=O) groups is 1. The number of anilines is 2. The molecule has 7 heteroatoms. The molecule has 1 unspecified atom stereocenters. The first-order chi connectivity index (χ1) is 8.91. The normalized spacial score (nSPS) is 18.7. The van der Waals surface area contributed by atoms with Crippen molar-refractivity contribution in [1.82, 2.24) is 4.90 Å². The predicted molar refractivity (Wildman–Crippen MR) is 67.2 cm³/mol. The molecule has 0 aliphatic carbocycles. The summed E-state index contributed by atoms with van der Waals surface area (Å²) >= 11 is 0. The molecule has 1 heterocycles. The fourth-order valence-corrected chi connectivity index (χ4v) is 2.23. The SMILES string of the molecule is CN(C(=O)O)C1CCN(c2ccc(N)c(F)c2F)C1. The van der Waals surface area contributed by atoms with Crippen molar-refractivity contribution < 1.29 is 18.7 Å². The van der Waals surface area contributed by atoms with Crippen molar-refractivity contribution in [3.05, 3.63) is 23.8 Å². The third-order valence-electron chi connectivity index (χ3n) is 3.45. The van der Waals surface area contributed by atoms with Gasteiger partial charge < -0.3 is 20.6 Å². The van der Waals surface area contributed by atoms with Crippen molar-refractivity contribution in [2.24, 2.45) is 0 Å². The molecule has 2 rings (SSSR count).